The first-order chi connectivity index (χ1) is 9.33. The lowest BCUT2D eigenvalue weighted by molar-refractivity contribution is 0.446. The Morgan fingerprint density at radius 2 is 2.05 bits per heavy atom. The minimum Gasteiger partial charge on any atom is -0.355 e. The van der Waals surface area contributed by atoms with Crippen LogP contribution in [-0.2, 0) is 0 Å². The van der Waals surface area contributed by atoms with Crippen molar-refractivity contribution in [2.45, 2.75) is 52.4 Å². The molecule has 1 aliphatic rings. The van der Waals surface area contributed by atoms with Gasteiger partial charge in [0.25, 0.3) is 0 Å². The molecule has 1 unspecified atom stereocenters. The fourth-order valence-corrected chi connectivity index (χ4v) is 2.56. The Morgan fingerprint density at radius 1 is 1.32 bits per heavy atom. The number of amidine groups is 1. The van der Waals surface area contributed by atoms with E-state index in [9.17, 15) is 0 Å². The molecule has 19 heavy (non-hydrogen) atoms. The second-order valence-corrected chi connectivity index (χ2v) is 4.93. The van der Waals surface area contributed by atoms with Crippen LogP contribution < -0.4 is 5.73 Å². The summed E-state index contributed by atoms with van der Waals surface area (Å²) in [5.41, 5.74) is 4.50. The normalized spacial score (nSPS) is 15.6. The summed E-state index contributed by atoms with van der Waals surface area (Å²) in [5.74, 6) is 2.03. The van der Waals surface area contributed by atoms with Crippen LogP contribution in [0.15, 0.2) is 17.6 Å². The number of rotatable bonds is 9. The summed E-state index contributed by atoms with van der Waals surface area (Å²) in [7, 11) is 1.50. The molecule has 112 valence electrons. The molecule has 0 spiro atoms. The highest BCUT2D eigenvalue weighted by Crippen LogP contribution is 2.20. The number of nitrogens with zero attached hydrogens (tertiary/aromatic N) is 2. The van der Waals surface area contributed by atoms with Gasteiger partial charge in [0.1, 0.15) is 5.84 Å². The van der Waals surface area contributed by atoms with Gasteiger partial charge < -0.3 is 10.6 Å². The standard InChI is InChI=1S/C15H28N2.CH5N/c1-4-7-8-9-10-14(6-3)15-16-11-13-17(15)12-5-2;1-2/h5,14H,2,4,6-13H2,1,3H3;2H2,1H3. The van der Waals surface area contributed by atoms with Crippen LogP contribution in [0.4, 0.5) is 0 Å². The van der Waals surface area contributed by atoms with Gasteiger partial charge in [-0.15, -0.1) is 6.58 Å². The molecule has 0 aromatic heterocycles. The molecule has 0 fully saturated rings. The molecule has 0 saturated heterocycles. The third-order valence-electron chi connectivity index (χ3n) is 3.58. The van der Waals surface area contributed by atoms with E-state index in [-0.39, 0.29) is 0 Å². The number of nitrogens with two attached hydrogens (primary N) is 1. The maximum absolute atomic E-state index is 4.70. The van der Waals surface area contributed by atoms with Crippen LogP contribution in [0, 0.1) is 5.92 Å². The minimum absolute atomic E-state index is 0.675. The first-order valence-corrected chi connectivity index (χ1v) is 7.81. The van der Waals surface area contributed by atoms with E-state index in [4.69, 9.17) is 4.99 Å². The molecule has 2 N–H and O–H groups in total. The molecule has 0 aromatic carbocycles. The van der Waals surface area contributed by atoms with Gasteiger partial charge in [0.05, 0.1) is 6.54 Å². The summed E-state index contributed by atoms with van der Waals surface area (Å²) < 4.78 is 0. The molecular formula is C16H33N3. The van der Waals surface area contributed by atoms with E-state index in [0.29, 0.717) is 5.92 Å². The van der Waals surface area contributed by atoms with Gasteiger partial charge in [0, 0.05) is 19.0 Å². The SMILES string of the molecule is C=CCN1CCN=C1C(CC)CCCCCC.CN. The fraction of sp³-hybridized carbons (Fsp3) is 0.812. The largest absolute Gasteiger partial charge is 0.355 e. The molecule has 1 aliphatic heterocycles. The van der Waals surface area contributed by atoms with Crippen molar-refractivity contribution >= 4 is 5.84 Å². The highest BCUT2D eigenvalue weighted by atomic mass is 15.2. The van der Waals surface area contributed by atoms with Gasteiger partial charge in [-0.2, -0.15) is 0 Å². The summed E-state index contributed by atoms with van der Waals surface area (Å²) in [6.07, 6.45) is 9.95. The number of hydrogen-bond donors (Lipinski definition) is 1. The predicted octanol–water partition coefficient (Wildman–Crippen LogP) is 3.46. The van der Waals surface area contributed by atoms with Crippen molar-refractivity contribution in [3.8, 4) is 0 Å². The average molecular weight is 267 g/mol. The van der Waals surface area contributed by atoms with Crippen molar-refractivity contribution in [1.82, 2.24) is 4.90 Å². The molecule has 0 aromatic rings. The van der Waals surface area contributed by atoms with E-state index in [1.807, 2.05) is 6.08 Å². The molecule has 0 saturated carbocycles. The van der Waals surface area contributed by atoms with Gasteiger partial charge in [0.15, 0.2) is 0 Å². The maximum atomic E-state index is 4.70. The summed E-state index contributed by atoms with van der Waals surface area (Å²) >= 11 is 0. The van der Waals surface area contributed by atoms with Gasteiger partial charge in [-0.1, -0.05) is 45.6 Å². The topological polar surface area (TPSA) is 41.6 Å². The Bertz CT molecular complexity index is 248. The summed E-state index contributed by atoms with van der Waals surface area (Å²) in [6, 6.07) is 0. The third kappa shape index (κ3) is 6.76. The molecule has 0 bridgehead atoms. The van der Waals surface area contributed by atoms with E-state index in [1.54, 1.807) is 0 Å². The van der Waals surface area contributed by atoms with Crippen LogP contribution in [0.5, 0.6) is 0 Å². The lowest BCUT2D eigenvalue weighted by atomic mass is 9.96. The van der Waals surface area contributed by atoms with Gasteiger partial charge in [0.2, 0.25) is 0 Å². The summed E-state index contributed by atoms with van der Waals surface area (Å²) in [5, 5.41) is 0. The van der Waals surface area contributed by atoms with E-state index < -0.39 is 0 Å². The van der Waals surface area contributed by atoms with Crippen LogP contribution in [0.3, 0.4) is 0 Å². The highest BCUT2D eigenvalue weighted by molar-refractivity contribution is 5.86. The van der Waals surface area contributed by atoms with Gasteiger partial charge >= 0.3 is 0 Å². The smallest absolute Gasteiger partial charge is 0.102 e. The Hall–Kier alpha value is -0.830. The molecular weight excluding hydrogens is 234 g/mol. The van der Waals surface area contributed by atoms with Gasteiger partial charge in [-0.3, -0.25) is 4.99 Å². The lowest BCUT2D eigenvalue weighted by Gasteiger charge is -2.25. The molecule has 1 heterocycles. The zero-order valence-electron chi connectivity index (χ0n) is 13.2. The summed E-state index contributed by atoms with van der Waals surface area (Å²) in [6.45, 7) is 11.4. The Kier molecular flexibility index (Phi) is 11.7. The van der Waals surface area contributed by atoms with E-state index in [2.05, 4.69) is 31.1 Å². The zero-order valence-corrected chi connectivity index (χ0v) is 13.2. The molecule has 0 aliphatic carbocycles. The quantitative estimate of drug-likeness (QED) is 0.513. The third-order valence-corrected chi connectivity index (χ3v) is 3.58. The zero-order chi connectivity index (χ0) is 14.5. The van der Waals surface area contributed by atoms with Crippen LogP contribution in [-0.4, -0.2) is 37.4 Å². The molecule has 1 atom stereocenters. The molecule has 0 radical (unpaired) electrons. The predicted molar refractivity (Wildman–Crippen MR) is 86.7 cm³/mol. The van der Waals surface area contributed by atoms with Crippen molar-refractivity contribution in [3.63, 3.8) is 0 Å². The number of unbranched alkanes of at least 4 members (excludes halogenated alkanes) is 3. The van der Waals surface area contributed by atoms with Crippen molar-refractivity contribution in [3.05, 3.63) is 12.7 Å². The molecule has 1 rings (SSSR count). The first-order valence-electron chi connectivity index (χ1n) is 7.81. The van der Waals surface area contributed by atoms with E-state index in [1.165, 1.54) is 51.4 Å². The van der Waals surface area contributed by atoms with Gasteiger partial charge in [-0.05, 0) is 19.9 Å². The minimum atomic E-state index is 0.675. The number of aliphatic imine (C=N–C) groups is 1. The van der Waals surface area contributed by atoms with Crippen LogP contribution in [0.25, 0.3) is 0 Å². The van der Waals surface area contributed by atoms with Crippen LogP contribution in [0.2, 0.25) is 0 Å². The second-order valence-electron chi connectivity index (χ2n) is 4.93. The fourth-order valence-electron chi connectivity index (χ4n) is 2.56. The van der Waals surface area contributed by atoms with Crippen molar-refractivity contribution < 1.29 is 0 Å². The van der Waals surface area contributed by atoms with Crippen LogP contribution >= 0.6 is 0 Å². The molecule has 0 amide bonds. The average Bonchev–Trinajstić information content (AvgIpc) is 2.90. The van der Waals surface area contributed by atoms with Crippen molar-refractivity contribution in [1.29, 1.82) is 0 Å². The summed E-state index contributed by atoms with van der Waals surface area (Å²) in [4.78, 5) is 7.10. The molecule has 3 nitrogen and oxygen atoms in total. The monoisotopic (exact) mass is 267 g/mol. The Balaban J connectivity index is 0.00000154. The number of hydrogen-bond acceptors (Lipinski definition) is 3. The highest BCUT2D eigenvalue weighted by Gasteiger charge is 2.22. The van der Waals surface area contributed by atoms with E-state index >= 15 is 0 Å². The second kappa shape index (κ2) is 12.2. The maximum Gasteiger partial charge on any atom is 0.102 e. The van der Waals surface area contributed by atoms with E-state index in [0.717, 1.165) is 19.6 Å². The van der Waals surface area contributed by atoms with Crippen LogP contribution in [0.1, 0.15) is 52.4 Å². The molecule has 3 heteroatoms. The lowest BCUT2D eigenvalue weighted by Crippen LogP contribution is -2.33. The Morgan fingerprint density at radius 3 is 2.63 bits per heavy atom. The van der Waals surface area contributed by atoms with Crippen molar-refractivity contribution in [2.75, 3.05) is 26.7 Å². The first kappa shape index (κ1) is 18.2. The van der Waals surface area contributed by atoms with Crippen molar-refractivity contribution in [2.24, 2.45) is 16.6 Å². The van der Waals surface area contributed by atoms with Gasteiger partial charge in [-0.25, -0.2) is 0 Å². The Labute approximate surface area is 120 Å².